The van der Waals surface area contributed by atoms with Crippen LogP contribution in [0.1, 0.15) is 68.6 Å². The molecular formula is C39H34. The summed E-state index contributed by atoms with van der Waals surface area (Å²) in [6, 6.07) is 39.2. The lowest BCUT2D eigenvalue weighted by Gasteiger charge is -2.25. The third-order valence-corrected chi connectivity index (χ3v) is 9.62. The van der Waals surface area contributed by atoms with Crippen LogP contribution in [0.25, 0.3) is 54.6 Å². The summed E-state index contributed by atoms with van der Waals surface area (Å²) >= 11 is 0. The molecule has 0 aliphatic heterocycles. The molecule has 39 heavy (non-hydrogen) atoms. The van der Waals surface area contributed by atoms with Crippen LogP contribution in [0.3, 0.4) is 0 Å². The van der Waals surface area contributed by atoms with Crippen molar-refractivity contribution in [1.29, 1.82) is 0 Å². The predicted molar refractivity (Wildman–Crippen MR) is 168 cm³/mol. The van der Waals surface area contributed by atoms with Crippen molar-refractivity contribution in [3.63, 3.8) is 0 Å². The molecule has 6 aromatic rings. The Morgan fingerprint density at radius 2 is 1.03 bits per heavy atom. The zero-order valence-corrected chi connectivity index (χ0v) is 23.1. The summed E-state index contributed by atoms with van der Waals surface area (Å²) in [6.45, 7) is 6.96. The molecule has 0 N–H and O–H groups in total. The zero-order valence-electron chi connectivity index (χ0n) is 23.1. The maximum Gasteiger partial charge on any atom is -0.00201 e. The van der Waals surface area contributed by atoms with Crippen LogP contribution in [0.5, 0.6) is 0 Å². The molecule has 2 aliphatic rings. The fraction of sp³-hybridized carbons (Fsp3) is 0.231. The Labute approximate surface area is 231 Å². The van der Waals surface area contributed by atoms with E-state index in [9.17, 15) is 0 Å². The van der Waals surface area contributed by atoms with E-state index in [-0.39, 0.29) is 5.41 Å². The molecule has 0 amide bonds. The maximum absolute atomic E-state index is 2.41. The van der Waals surface area contributed by atoms with Crippen molar-refractivity contribution >= 4 is 32.3 Å². The van der Waals surface area contributed by atoms with Crippen molar-refractivity contribution in [3.8, 4) is 22.3 Å². The molecule has 2 atom stereocenters. The minimum Gasteiger partial charge on any atom is -0.0616 e. The third kappa shape index (κ3) is 3.31. The second kappa shape index (κ2) is 8.30. The van der Waals surface area contributed by atoms with E-state index in [0.29, 0.717) is 5.92 Å². The van der Waals surface area contributed by atoms with E-state index in [4.69, 9.17) is 0 Å². The van der Waals surface area contributed by atoms with Crippen LogP contribution in [0.2, 0.25) is 0 Å². The average Bonchev–Trinajstić information content (AvgIpc) is 3.58. The molecule has 0 spiro atoms. The quantitative estimate of drug-likeness (QED) is 0.207. The SMILES string of the molecule is CC(C)(C)c1ccc(-c2c3ccccc3c(-c3cccc4c3C3CCC4C3)c3ccccc23)c2ccccc12. The van der Waals surface area contributed by atoms with Crippen LogP contribution in [0, 0.1) is 0 Å². The van der Waals surface area contributed by atoms with Gasteiger partial charge in [0.1, 0.15) is 0 Å². The van der Waals surface area contributed by atoms with E-state index < -0.39 is 0 Å². The predicted octanol–water partition coefficient (Wildman–Crippen LogP) is 11.1. The average molecular weight is 503 g/mol. The van der Waals surface area contributed by atoms with Gasteiger partial charge < -0.3 is 0 Å². The molecule has 2 aliphatic carbocycles. The van der Waals surface area contributed by atoms with Gasteiger partial charge in [0.25, 0.3) is 0 Å². The molecule has 0 saturated heterocycles. The molecule has 0 radical (unpaired) electrons. The van der Waals surface area contributed by atoms with Gasteiger partial charge in [-0.25, -0.2) is 0 Å². The minimum atomic E-state index is 0.0825. The van der Waals surface area contributed by atoms with Gasteiger partial charge in [0, 0.05) is 0 Å². The molecular weight excluding hydrogens is 468 g/mol. The number of rotatable bonds is 2. The Morgan fingerprint density at radius 1 is 0.487 bits per heavy atom. The summed E-state index contributed by atoms with van der Waals surface area (Å²) in [5, 5.41) is 8.13. The molecule has 2 unspecified atom stereocenters. The van der Waals surface area contributed by atoms with Gasteiger partial charge in [-0.05, 0) is 108 Å². The van der Waals surface area contributed by atoms with E-state index in [0.717, 1.165) is 5.92 Å². The second-order valence-electron chi connectivity index (χ2n) is 12.8. The van der Waals surface area contributed by atoms with Crippen LogP contribution in [0.15, 0.2) is 103 Å². The first-order valence-corrected chi connectivity index (χ1v) is 14.6. The Bertz CT molecular complexity index is 1870. The van der Waals surface area contributed by atoms with Gasteiger partial charge >= 0.3 is 0 Å². The molecule has 8 rings (SSSR count). The van der Waals surface area contributed by atoms with Crippen molar-refractivity contribution in [2.75, 3.05) is 0 Å². The van der Waals surface area contributed by atoms with Gasteiger partial charge in [-0.1, -0.05) is 124 Å². The van der Waals surface area contributed by atoms with E-state index in [1.54, 1.807) is 11.1 Å². The van der Waals surface area contributed by atoms with Crippen LogP contribution in [-0.2, 0) is 5.41 Å². The lowest BCUT2D eigenvalue weighted by Crippen LogP contribution is -2.11. The van der Waals surface area contributed by atoms with Gasteiger partial charge in [0.15, 0.2) is 0 Å². The number of fused-ring (bicyclic) bond motifs is 8. The summed E-state index contributed by atoms with van der Waals surface area (Å²) in [5.74, 6) is 1.47. The molecule has 0 heterocycles. The van der Waals surface area contributed by atoms with E-state index in [1.807, 2.05) is 0 Å². The van der Waals surface area contributed by atoms with E-state index in [1.165, 1.54) is 79.4 Å². The van der Waals surface area contributed by atoms with Gasteiger partial charge in [0.05, 0.1) is 0 Å². The Morgan fingerprint density at radius 3 is 1.64 bits per heavy atom. The Balaban J connectivity index is 1.51. The van der Waals surface area contributed by atoms with Gasteiger partial charge in [-0.2, -0.15) is 0 Å². The molecule has 0 heteroatoms. The molecule has 2 bridgehead atoms. The van der Waals surface area contributed by atoms with E-state index >= 15 is 0 Å². The Hall–Kier alpha value is -3.90. The van der Waals surface area contributed by atoms with Crippen molar-refractivity contribution in [2.45, 2.75) is 57.3 Å². The smallest absolute Gasteiger partial charge is 0.00201 e. The first kappa shape index (κ1) is 23.0. The molecule has 190 valence electrons. The van der Waals surface area contributed by atoms with Crippen molar-refractivity contribution < 1.29 is 0 Å². The van der Waals surface area contributed by atoms with Crippen LogP contribution < -0.4 is 0 Å². The highest BCUT2D eigenvalue weighted by Crippen LogP contribution is 2.57. The Kier molecular flexibility index (Phi) is 4.90. The zero-order chi connectivity index (χ0) is 26.3. The summed E-state index contributed by atoms with van der Waals surface area (Å²) in [5.41, 5.74) is 10.3. The molecule has 1 saturated carbocycles. The maximum atomic E-state index is 2.41. The summed E-state index contributed by atoms with van der Waals surface area (Å²) in [6.07, 6.45) is 4.04. The monoisotopic (exact) mass is 502 g/mol. The number of hydrogen-bond donors (Lipinski definition) is 0. The third-order valence-electron chi connectivity index (χ3n) is 9.62. The second-order valence-corrected chi connectivity index (χ2v) is 12.8. The normalized spacial score (nSPS) is 18.3. The molecule has 0 nitrogen and oxygen atoms in total. The summed E-state index contributed by atoms with van der Waals surface area (Å²) in [7, 11) is 0. The van der Waals surface area contributed by atoms with Gasteiger partial charge in [-0.3, -0.25) is 0 Å². The molecule has 0 aromatic heterocycles. The topological polar surface area (TPSA) is 0 Å². The van der Waals surface area contributed by atoms with Crippen LogP contribution in [-0.4, -0.2) is 0 Å². The summed E-state index contributed by atoms with van der Waals surface area (Å²) in [4.78, 5) is 0. The van der Waals surface area contributed by atoms with Crippen LogP contribution >= 0.6 is 0 Å². The highest BCUT2D eigenvalue weighted by atomic mass is 14.4. The number of hydrogen-bond acceptors (Lipinski definition) is 0. The lowest BCUT2D eigenvalue weighted by atomic mass is 9.79. The van der Waals surface area contributed by atoms with Gasteiger partial charge in [0.2, 0.25) is 0 Å². The minimum absolute atomic E-state index is 0.0825. The van der Waals surface area contributed by atoms with Gasteiger partial charge in [-0.15, -0.1) is 0 Å². The standard InChI is InChI=1S/C39H34/c1-39(2,3)35-22-21-33(27-11-4-5-12-28(27)35)37-29-13-6-8-15-31(29)38(32-16-9-7-14-30(32)37)34-18-10-17-26-24-19-20-25(23-24)36(26)34/h4-18,21-22,24-25H,19-20,23H2,1-3H3. The number of benzene rings is 6. The first-order valence-electron chi connectivity index (χ1n) is 14.6. The van der Waals surface area contributed by atoms with Crippen molar-refractivity contribution in [1.82, 2.24) is 0 Å². The van der Waals surface area contributed by atoms with Crippen molar-refractivity contribution in [2.24, 2.45) is 0 Å². The van der Waals surface area contributed by atoms with E-state index in [2.05, 4.69) is 124 Å². The highest BCUT2D eigenvalue weighted by molar-refractivity contribution is 6.24. The summed E-state index contributed by atoms with van der Waals surface area (Å²) < 4.78 is 0. The van der Waals surface area contributed by atoms with Crippen LogP contribution in [0.4, 0.5) is 0 Å². The highest BCUT2D eigenvalue weighted by Gasteiger charge is 2.38. The molecule has 6 aromatic carbocycles. The molecule has 1 fully saturated rings. The fourth-order valence-electron chi connectivity index (χ4n) is 8.02. The largest absolute Gasteiger partial charge is 0.0616 e. The lowest BCUT2D eigenvalue weighted by molar-refractivity contribution is 0.596. The first-order chi connectivity index (χ1) is 19.0. The fourth-order valence-corrected chi connectivity index (χ4v) is 8.02. The van der Waals surface area contributed by atoms with Crippen molar-refractivity contribution in [3.05, 3.63) is 120 Å².